The molecule has 2 atom stereocenters. The molecule has 4 rings (SSSR count). The monoisotopic (exact) mass is 435 g/mol. The summed E-state index contributed by atoms with van der Waals surface area (Å²) in [6.07, 6.45) is 1.19. The number of amides is 1. The molecule has 1 unspecified atom stereocenters. The van der Waals surface area contributed by atoms with Crippen LogP contribution in [0.2, 0.25) is 0 Å². The summed E-state index contributed by atoms with van der Waals surface area (Å²) in [7, 11) is 0. The van der Waals surface area contributed by atoms with Crippen LogP contribution in [0.5, 0.6) is 11.5 Å². The molecule has 1 saturated heterocycles. The zero-order valence-corrected chi connectivity index (χ0v) is 17.2. The van der Waals surface area contributed by atoms with Crippen molar-refractivity contribution in [3.8, 4) is 11.5 Å². The van der Waals surface area contributed by atoms with Crippen LogP contribution in [0.3, 0.4) is 0 Å². The van der Waals surface area contributed by atoms with Gasteiger partial charge in [-0.05, 0) is 24.1 Å². The zero-order chi connectivity index (χ0) is 20.4. The first-order chi connectivity index (χ1) is 14.0. The second kappa shape index (κ2) is 8.60. The highest BCUT2D eigenvalue weighted by Gasteiger charge is 2.35. The Balaban J connectivity index is 1.40. The summed E-state index contributed by atoms with van der Waals surface area (Å²) in [6.45, 7) is 1.58. The fraction of sp³-hybridized carbons (Fsp3) is 0.421. The van der Waals surface area contributed by atoms with Gasteiger partial charge in [-0.15, -0.1) is 11.3 Å². The smallest absolute Gasteiger partial charge is 0.355 e. The number of hydrogen-bond acceptors (Lipinski definition) is 8. The van der Waals surface area contributed by atoms with Crippen molar-refractivity contribution in [3.05, 3.63) is 34.8 Å². The fourth-order valence-electron chi connectivity index (χ4n) is 3.56. The zero-order valence-electron chi connectivity index (χ0n) is 15.6. The number of carboxylic acid groups (broad SMARTS) is 1. The molecular formula is C19H21N3O5S2. The lowest BCUT2D eigenvalue weighted by Crippen LogP contribution is -2.41. The van der Waals surface area contributed by atoms with Crippen molar-refractivity contribution >= 4 is 35.0 Å². The van der Waals surface area contributed by atoms with Gasteiger partial charge in [-0.3, -0.25) is 4.79 Å². The molecular weight excluding hydrogens is 414 g/mol. The normalized spacial score (nSPS) is 19.4. The second-order valence-corrected chi connectivity index (χ2v) is 8.97. The number of thioether (sulfide) groups is 1. The number of thiazole rings is 1. The van der Waals surface area contributed by atoms with Gasteiger partial charge in [-0.1, -0.05) is 17.8 Å². The van der Waals surface area contributed by atoms with E-state index in [1.54, 1.807) is 0 Å². The Labute approximate surface area is 176 Å². The molecule has 1 fully saturated rings. The molecule has 2 aliphatic rings. The van der Waals surface area contributed by atoms with E-state index < -0.39 is 5.97 Å². The van der Waals surface area contributed by atoms with Crippen molar-refractivity contribution in [2.45, 2.75) is 29.3 Å². The number of aromatic carboxylic acids is 1. The van der Waals surface area contributed by atoms with Crippen molar-refractivity contribution in [2.24, 2.45) is 5.73 Å². The molecule has 0 aliphatic carbocycles. The number of nitrogens with zero attached hydrogens (tertiary/aromatic N) is 2. The summed E-state index contributed by atoms with van der Waals surface area (Å²) in [6, 6.07) is 5.29. The van der Waals surface area contributed by atoms with E-state index in [9.17, 15) is 9.59 Å². The van der Waals surface area contributed by atoms with Gasteiger partial charge >= 0.3 is 5.97 Å². The minimum atomic E-state index is -1.03. The molecule has 154 valence electrons. The first kappa shape index (κ1) is 20.0. The highest BCUT2D eigenvalue weighted by Crippen LogP contribution is 2.35. The second-order valence-electron chi connectivity index (χ2n) is 6.77. The number of aromatic nitrogens is 1. The number of carbonyl (C=O) groups is 2. The average Bonchev–Trinajstić information content (AvgIpc) is 3.34. The van der Waals surface area contributed by atoms with E-state index in [2.05, 4.69) is 4.98 Å². The van der Waals surface area contributed by atoms with E-state index in [1.807, 2.05) is 23.1 Å². The van der Waals surface area contributed by atoms with Crippen LogP contribution >= 0.6 is 23.1 Å². The summed E-state index contributed by atoms with van der Waals surface area (Å²) in [5.74, 6) is 1.09. The van der Waals surface area contributed by atoms with E-state index in [0.717, 1.165) is 5.56 Å². The third kappa shape index (κ3) is 4.34. The molecule has 2 aliphatic heterocycles. The first-order valence-corrected chi connectivity index (χ1v) is 11.2. The van der Waals surface area contributed by atoms with Crippen molar-refractivity contribution in [1.29, 1.82) is 0 Å². The van der Waals surface area contributed by atoms with E-state index in [-0.39, 0.29) is 23.7 Å². The van der Waals surface area contributed by atoms with Crippen LogP contribution in [0.15, 0.2) is 27.9 Å². The van der Waals surface area contributed by atoms with E-state index in [0.29, 0.717) is 54.2 Å². The Bertz CT molecular complexity index is 919. The van der Waals surface area contributed by atoms with Crippen LogP contribution in [0.25, 0.3) is 0 Å². The lowest BCUT2D eigenvalue weighted by atomic mass is 9.97. The number of carboxylic acids is 1. The molecule has 0 spiro atoms. The highest BCUT2D eigenvalue weighted by atomic mass is 32.2. The Morgan fingerprint density at radius 1 is 1.38 bits per heavy atom. The van der Waals surface area contributed by atoms with Gasteiger partial charge in [0, 0.05) is 24.1 Å². The Hall–Kier alpha value is -2.30. The van der Waals surface area contributed by atoms with Crippen molar-refractivity contribution < 1.29 is 24.2 Å². The van der Waals surface area contributed by atoms with Gasteiger partial charge in [0.15, 0.2) is 21.5 Å². The molecule has 1 aromatic carbocycles. The fourth-order valence-corrected chi connectivity index (χ4v) is 5.37. The SMILES string of the molecule is NC(c1ccc2c(c1)OCCO2)[C@H]1CCC(=O)N1CCSc1nc(C(=O)O)cs1. The maximum Gasteiger partial charge on any atom is 0.355 e. The predicted molar refractivity (Wildman–Crippen MR) is 109 cm³/mol. The van der Waals surface area contributed by atoms with Crippen LogP contribution in [0, 0.1) is 0 Å². The summed E-state index contributed by atoms with van der Waals surface area (Å²) in [5, 5.41) is 10.5. The van der Waals surface area contributed by atoms with Crippen LogP contribution in [0.1, 0.15) is 34.9 Å². The molecule has 29 heavy (non-hydrogen) atoms. The van der Waals surface area contributed by atoms with Gasteiger partial charge in [-0.2, -0.15) is 0 Å². The third-order valence-corrected chi connectivity index (χ3v) is 7.00. The molecule has 3 N–H and O–H groups in total. The van der Waals surface area contributed by atoms with Crippen LogP contribution < -0.4 is 15.2 Å². The third-order valence-electron chi connectivity index (χ3n) is 5.00. The molecule has 0 bridgehead atoms. The lowest BCUT2D eigenvalue weighted by Gasteiger charge is -2.30. The number of hydrogen-bond donors (Lipinski definition) is 2. The van der Waals surface area contributed by atoms with Crippen LogP contribution in [-0.2, 0) is 4.79 Å². The molecule has 0 saturated carbocycles. The number of benzene rings is 1. The van der Waals surface area contributed by atoms with Crippen molar-refractivity contribution in [1.82, 2.24) is 9.88 Å². The van der Waals surface area contributed by atoms with Gasteiger partial charge < -0.3 is 25.2 Å². The maximum absolute atomic E-state index is 12.4. The van der Waals surface area contributed by atoms with Gasteiger partial charge in [-0.25, -0.2) is 9.78 Å². The summed E-state index contributed by atoms with van der Waals surface area (Å²) >= 11 is 2.74. The topological polar surface area (TPSA) is 115 Å². The number of carbonyl (C=O) groups excluding carboxylic acids is 1. The van der Waals surface area contributed by atoms with Gasteiger partial charge in [0.1, 0.15) is 13.2 Å². The Kier molecular flexibility index (Phi) is 5.93. The quantitative estimate of drug-likeness (QED) is 0.637. The maximum atomic E-state index is 12.4. The van der Waals surface area contributed by atoms with Crippen LogP contribution in [0.4, 0.5) is 0 Å². The summed E-state index contributed by atoms with van der Waals surface area (Å²) in [5.41, 5.74) is 7.50. The minimum Gasteiger partial charge on any atom is -0.486 e. The number of fused-ring (bicyclic) bond motifs is 1. The first-order valence-electron chi connectivity index (χ1n) is 9.29. The van der Waals surface area contributed by atoms with E-state index in [1.165, 1.54) is 28.5 Å². The largest absolute Gasteiger partial charge is 0.486 e. The Morgan fingerprint density at radius 3 is 2.93 bits per heavy atom. The molecule has 1 aromatic heterocycles. The number of ether oxygens (including phenoxy) is 2. The van der Waals surface area contributed by atoms with Crippen molar-refractivity contribution in [3.63, 3.8) is 0 Å². The summed E-state index contributed by atoms with van der Waals surface area (Å²) < 4.78 is 11.9. The standard InChI is InChI=1S/C19H21N3O5S2/c20-17(11-1-3-14-15(9-11)27-7-6-26-14)13-2-4-16(23)22(13)5-8-28-19-21-12(10-29-19)18(24)25/h1,3,9-10,13,17H,2,4-8,20H2,(H,24,25)/t13-,17?/m1/s1. The number of nitrogens with two attached hydrogens (primary N) is 1. The molecule has 1 amide bonds. The molecule has 10 heteroatoms. The van der Waals surface area contributed by atoms with E-state index >= 15 is 0 Å². The van der Waals surface area contributed by atoms with Gasteiger partial charge in [0.25, 0.3) is 0 Å². The van der Waals surface area contributed by atoms with Gasteiger partial charge in [0.05, 0.1) is 12.1 Å². The molecule has 2 aromatic rings. The molecule has 0 radical (unpaired) electrons. The summed E-state index contributed by atoms with van der Waals surface area (Å²) in [4.78, 5) is 29.2. The number of rotatable bonds is 7. The Morgan fingerprint density at radius 2 is 2.17 bits per heavy atom. The van der Waals surface area contributed by atoms with E-state index in [4.69, 9.17) is 20.3 Å². The highest BCUT2D eigenvalue weighted by molar-refractivity contribution is 8.01. The lowest BCUT2D eigenvalue weighted by molar-refractivity contribution is -0.128. The molecule has 3 heterocycles. The molecule has 8 nitrogen and oxygen atoms in total. The average molecular weight is 436 g/mol. The minimum absolute atomic E-state index is 0.0493. The predicted octanol–water partition coefficient (Wildman–Crippen LogP) is 2.40. The van der Waals surface area contributed by atoms with Crippen molar-refractivity contribution in [2.75, 3.05) is 25.5 Å². The number of likely N-dealkylation sites (tertiary alicyclic amines) is 1. The van der Waals surface area contributed by atoms with Crippen LogP contribution in [-0.4, -0.2) is 58.4 Å². The van der Waals surface area contributed by atoms with Gasteiger partial charge in [0.2, 0.25) is 5.91 Å².